The first-order valence-electron chi connectivity index (χ1n) is 25.3. The number of benzene rings is 4. The molecule has 4 aliphatic rings. The Morgan fingerprint density at radius 2 is 1.63 bits per heavy atom. The normalized spacial score (nSPS) is 19.0. The Kier molecular flexibility index (Phi) is 14.3. The van der Waals surface area contributed by atoms with Gasteiger partial charge in [-0.15, -0.1) is 0 Å². The maximum Gasteiger partial charge on any atom is 0.355 e. The maximum atomic E-state index is 15.8. The number of thiazole rings is 1. The molecule has 2 aromatic heterocycles. The van der Waals surface area contributed by atoms with Crippen molar-refractivity contribution < 1.29 is 42.6 Å². The minimum atomic E-state index is -3.54. The number of nitrogens with one attached hydrogen (secondary N) is 4. The number of amides is 4. The van der Waals surface area contributed by atoms with Crippen LogP contribution in [-0.2, 0) is 27.3 Å². The highest BCUT2D eigenvalue weighted by Crippen LogP contribution is 2.40. The second kappa shape index (κ2) is 21.2. The number of piperidine rings is 1. The van der Waals surface area contributed by atoms with Crippen molar-refractivity contribution in [2.45, 2.75) is 76.9 Å². The molecule has 6 aromatic rings. The lowest BCUT2D eigenvalue weighted by molar-refractivity contribution is -0.160. The van der Waals surface area contributed by atoms with Crippen LogP contribution in [0.3, 0.4) is 0 Å². The molecule has 1 saturated carbocycles. The zero-order chi connectivity index (χ0) is 52.5. The van der Waals surface area contributed by atoms with Crippen molar-refractivity contribution in [1.82, 2.24) is 20.2 Å². The minimum Gasteiger partial charge on any atom is -0.490 e. The third-order valence-corrected chi connectivity index (χ3v) is 16.0. The maximum absolute atomic E-state index is 15.8. The summed E-state index contributed by atoms with van der Waals surface area (Å²) < 4.78 is 39.0. The zero-order valence-electron chi connectivity index (χ0n) is 41.6. The number of anilines is 4. The molecule has 75 heavy (non-hydrogen) atoms. The number of fused-ring (bicyclic) bond motifs is 2. The molecule has 4 aromatic carbocycles. The Hall–Kier alpha value is -7.80. The third kappa shape index (κ3) is 10.6. The van der Waals surface area contributed by atoms with E-state index in [1.807, 2.05) is 77.4 Å². The molecular weight excluding hydrogens is 981 g/mol. The average Bonchev–Trinajstić information content (AvgIpc) is 3.83. The molecule has 19 heteroatoms. The van der Waals surface area contributed by atoms with Gasteiger partial charge in [-0.25, -0.2) is 14.8 Å². The van der Waals surface area contributed by atoms with Crippen LogP contribution in [0.25, 0.3) is 21.3 Å². The molecule has 5 N–H and O–H groups in total. The van der Waals surface area contributed by atoms with Gasteiger partial charge in [-0.05, 0) is 128 Å². The van der Waals surface area contributed by atoms with E-state index in [4.69, 9.17) is 10.1 Å². The summed E-state index contributed by atoms with van der Waals surface area (Å²) in [6, 6.07) is 27.7. The van der Waals surface area contributed by atoms with Gasteiger partial charge in [0.05, 0.1) is 28.0 Å². The minimum absolute atomic E-state index is 0.105. The van der Waals surface area contributed by atoms with Crippen molar-refractivity contribution in [3.63, 3.8) is 0 Å². The molecule has 16 nitrogen and oxygen atoms in total. The van der Waals surface area contributed by atoms with Gasteiger partial charge in [-0.3, -0.25) is 29.8 Å². The number of ether oxygens (including phenoxy) is 1. The van der Waals surface area contributed by atoms with Crippen LogP contribution in [0.5, 0.6) is 5.75 Å². The quantitative estimate of drug-likeness (QED) is 0.0512. The van der Waals surface area contributed by atoms with E-state index in [-0.39, 0.29) is 61.2 Å². The highest BCUT2D eigenvalue weighted by atomic mass is 32.1. The van der Waals surface area contributed by atoms with Crippen LogP contribution >= 0.6 is 11.3 Å². The fourth-order valence-electron chi connectivity index (χ4n) is 10.9. The Balaban J connectivity index is 0.732. The third-order valence-electron chi connectivity index (χ3n) is 15.0. The fourth-order valence-corrected chi connectivity index (χ4v) is 11.8. The van der Waals surface area contributed by atoms with Gasteiger partial charge < -0.3 is 35.3 Å². The van der Waals surface area contributed by atoms with E-state index in [1.165, 1.54) is 16.2 Å². The van der Waals surface area contributed by atoms with E-state index in [9.17, 15) is 29.1 Å². The van der Waals surface area contributed by atoms with Crippen LogP contribution in [-0.4, -0.2) is 107 Å². The Labute approximate surface area is 436 Å². The molecule has 1 atom stereocenters. The topological polar surface area (TPSA) is 210 Å². The number of imide groups is 1. The molecular formula is C56H57F2N9O7S. The van der Waals surface area contributed by atoms with Crippen LogP contribution in [0.2, 0.25) is 0 Å². The second-order valence-electron chi connectivity index (χ2n) is 19.7. The number of aromatic nitrogens is 2. The van der Waals surface area contributed by atoms with Gasteiger partial charge in [-0.2, -0.15) is 8.78 Å². The van der Waals surface area contributed by atoms with Gasteiger partial charge in [0.25, 0.3) is 11.8 Å². The van der Waals surface area contributed by atoms with Crippen LogP contribution < -0.4 is 30.5 Å². The lowest BCUT2D eigenvalue weighted by Crippen LogP contribution is -2.53. The summed E-state index contributed by atoms with van der Waals surface area (Å²) in [5.74, 6) is -7.11. The molecule has 10 rings (SSSR count). The molecule has 1 unspecified atom stereocenters. The molecule has 388 valence electrons. The molecule has 1 aliphatic carbocycles. The number of carbonyl (C=O) groups excluding carboxylic acids is 4. The molecule has 3 fully saturated rings. The van der Waals surface area contributed by atoms with Gasteiger partial charge in [-0.1, -0.05) is 47.7 Å². The number of hydrogen-bond donors (Lipinski definition) is 5. The van der Waals surface area contributed by atoms with Crippen molar-refractivity contribution in [3.8, 4) is 16.9 Å². The Bertz CT molecular complexity index is 3210. The van der Waals surface area contributed by atoms with Gasteiger partial charge in [0.15, 0.2) is 10.8 Å². The summed E-state index contributed by atoms with van der Waals surface area (Å²) in [5, 5.41) is 28.1. The number of rotatable bonds is 14. The number of para-hydroxylation sites is 1. The molecule has 5 heterocycles. The van der Waals surface area contributed by atoms with E-state index >= 15 is 8.78 Å². The zero-order valence-corrected chi connectivity index (χ0v) is 42.4. The number of halogens is 2. The summed E-state index contributed by atoms with van der Waals surface area (Å²) in [5.41, 5.74) is 6.89. The first kappa shape index (κ1) is 50.7. The first-order chi connectivity index (χ1) is 36.1. The summed E-state index contributed by atoms with van der Waals surface area (Å²) in [6.07, 6.45) is 2.17. The van der Waals surface area contributed by atoms with Gasteiger partial charge in [0, 0.05) is 87.2 Å². The van der Waals surface area contributed by atoms with Crippen molar-refractivity contribution in [1.29, 1.82) is 5.41 Å². The number of piperazine rings is 1. The van der Waals surface area contributed by atoms with Crippen LogP contribution in [0, 0.1) is 24.2 Å². The predicted molar refractivity (Wildman–Crippen MR) is 284 cm³/mol. The standard InChI is InChI=1S/C56H57F2N9O7S/c1-32-37(38-19-21-47(62-50(38)53(71)72)67-24-23-34-7-5-9-39(42(34)31-67)51(69)64-55-61-43-10-3-4-12-46(43)75-55)8-6-11-45(32)74-36-16-13-33(14-17-36)30-56(57,58)54(73)66-27-25-65(26-28-66)35-15-18-40(44(29-35)60-2)49(59)41-20-22-48(68)63-52(41)70/h3-12,15,18-19,21,29,33,36,41,59-60H,13-14,16-17,20,22-28,30-31H2,1-2H3,(H,71,72)(H,61,64,69)(H,63,68,70). The summed E-state index contributed by atoms with van der Waals surface area (Å²) >= 11 is 1.40. The van der Waals surface area contributed by atoms with Crippen LogP contribution in [0.4, 0.5) is 31.1 Å². The van der Waals surface area contributed by atoms with Crippen molar-refractivity contribution >= 4 is 79.2 Å². The SMILES string of the molecule is CNc1cc(N2CCN(C(=O)C(F)(F)CC3CCC(Oc4cccc(-c5ccc(N6CCc7cccc(C(=O)Nc8nc9ccccc9s8)c7C6)nc5C(=O)O)c4C)CC3)CC2)ccc1C(=N)C1CCC(=O)NC1=O. The largest absolute Gasteiger partial charge is 0.490 e. The van der Waals surface area contributed by atoms with E-state index in [2.05, 4.69) is 25.9 Å². The number of carboxylic acids is 1. The first-order valence-corrected chi connectivity index (χ1v) is 26.2. The van der Waals surface area contributed by atoms with E-state index in [1.54, 1.807) is 37.4 Å². The number of carbonyl (C=O) groups is 5. The van der Waals surface area contributed by atoms with Crippen molar-refractivity contribution in [2.75, 3.05) is 60.2 Å². The Morgan fingerprint density at radius 1 is 0.853 bits per heavy atom. The highest BCUT2D eigenvalue weighted by Gasteiger charge is 2.45. The molecule has 0 bridgehead atoms. The molecule has 0 spiro atoms. The lowest BCUT2D eigenvalue weighted by atomic mass is 9.83. The number of nitrogens with zero attached hydrogens (tertiary/aromatic N) is 5. The second-order valence-corrected chi connectivity index (χ2v) is 20.7. The Morgan fingerprint density at radius 3 is 2.37 bits per heavy atom. The summed E-state index contributed by atoms with van der Waals surface area (Å²) in [7, 11) is 1.71. The molecule has 0 radical (unpaired) electrons. The molecule has 3 aliphatic heterocycles. The predicted octanol–water partition coefficient (Wildman–Crippen LogP) is 8.95. The van der Waals surface area contributed by atoms with Crippen molar-refractivity contribution in [2.24, 2.45) is 11.8 Å². The van der Waals surface area contributed by atoms with Gasteiger partial charge >= 0.3 is 11.9 Å². The smallest absolute Gasteiger partial charge is 0.355 e. The monoisotopic (exact) mass is 1040 g/mol. The van der Waals surface area contributed by atoms with E-state index in [0.29, 0.717) is 108 Å². The van der Waals surface area contributed by atoms with Gasteiger partial charge in [0.2, 0.25) is 11.8 Å². The average molecular weight is 1040 g/mol. The number of carboxylic acid groups (broad SMARTS) is 1. The van der Waals surface area contributed by atoms with Crippen LogP contribution in [0.15, 0.2) is 91.0 Å². The number of aromatic carboxylic acids is 1. The molecule has 2 saturated heterocycles. The number of pyridine rings is 1. The van der Waals surface area contributed by atoms with Gasteiger partial charge in [0.1, 0.15) is 11.6 Å². The fraction of sp³-hybridized carbons (Fsp3) is 0.357. The van der Waals surface area contributed by atoms with Crippen molar-refractivity contribution in [3.05, 3.63) is 125 Å². The highest BCUT2D eigenvalue weighted by molar-refractivity contribution is 7.22. The van der Waals surface area contributed by atoms with E-state index < -0.39 is 36.0 Å². The number of alkyl halides is 2. The summed E-state index contributed by atoms with van der Waals surface area (Å²) in [4.78, 5) is 78.5. The van der Waals surface area contributed by atoms with Crippen LogP contribution in [0.1, 0.15) is 88.0 Å². The van der Waals surface area contributed by atoms with E-state index in [0.717, 1.165) is 27.0 Å². The molecule has 4 amide bonds. The summed E-state index contributed by atoms with van der Waals surface area (Å²) in [6.45, 7) is 3.69. The lowest BCUT2D eigenvalue weighted by Gasteiger charge is -2.38. The number of hydrogen-bond acceptors (Lipinski definition) is 13.